The molecule has 1 amide bonds. The number of carbonyl (C=O) groups excluding carboxylic acids is 1. The third-order valence-corrected chi connectivity index (χ3v) is 3.24. The Balaban J connectivity index is 2.13. The highest BCUT2D eigenvalue weighted by atomic mass is 16.6. The minimum Gasteiger partial charge on any atom is -0.443 e. The lowest BCUT2D eigenvalue weighted by molar-refractivity contribution is 0.0529. The summed E-state index contributed by atoms with van der Waals surface area (Å²) in [6.07, 6.45) is 1.07. The lowest BCUT2D eigenvalue weighted by atomic mass is 10.2. The van der Waals surface area contributed by atoms with E-state index >= 15 is 0 Å². The predicted molar refractivity (Wildman–Crippen MR) is 92.2 cm³/mol. The van der Waals surface area contributed by atoms with Gasteiger partial charge in [-0.2, -0.15) is 5.10 Å². The molecule has 5 nitrogen and oxygen atoms in total. The molecule has 0 aliphatic carbocycles. The van der Waals surface area contributed by atoms with Gasteiger partial charge in [-0.25, -0.2) is 10.2 Å². The molecule has 0 fully saturated rings. The molecule has 0 saturated carbocycles. The van der Waals surface area contributed by atoms with Crippen molar-refractivity contribution < 1.29 is 9.53 Å². The van der Waals surface area contributed by atoms with E-state index in [4.69, 9.17) is 4.74 Å². The van der Waals surface area contributed by atoms with E-state index in [1.165, 1.54) is 0 Å². The molecule has 0 radical (unpaired) electrons. The first kappa shape index (κ1) is 16.8. The zero-order valence-corrected chi connectivity index (χ0v) is 14.3. The number of hydrazone groups is 1. The quantitative estimate of drug-likeness (QED) is 0.689. The molecule has 0 spiro atoms. The van der Waals surface area contributed by atoms with Gasteiger partial charge in [-0.15, -0.1) is 0 Å². The van der Waals surface area contributed by atoms with Gasteiger partial charge in [-0.05, 0) is 52.8 Å². The van der Waals surface area contributed by atoms with Gasteiger partial charge in [0, 0.05) is 22.6 Å². The number of ether oxygens (including phenoxy) is 1. The Hall–Kier alpha value is -2.56. The molecule has 0 aliphatic rings. The molecule has 0 aliphatic heterocycles. The average Bonchev–Trinajstić information content (AvgIpc) is 2.72. The summed E-state index contributed by atoms with van der Waals surface area (Å²) >= 11 is 0. The highest BCUT2D eigenvalue weighted by molar-refractivity contribution is 5.83. The molecule has 0 saturated heterocycles. The number of nitrogens with one attached hydrogen (secondary N) is 1. The molecule has 1 aromatic heterocycles. The van der Waals surface area contributed by atoms with Crippen LogP contribution >= 0.6 is 0 Å². The summed E-state index contributed by atoms with van der Waals surface area (Å²) in [5, 5.41) is 3.97. The van der Waals surface area contributed by atoms with Gasteiger partial charge in [0.15, 0.2) is 0 Å². The summed E-state index contributed by atoms with van der Waals surface area (Å²) in [5.74, 6) is 0. The summed E-state index contributed by atoms with van der Waals surface area (Å²) in [6.45, 7) is 9.49. The largest absolute Gasteiger partial charge is 0.443 e. The number of hydrogen-bond donors (Lipinski definition) is 1. The second kappa shape index (κ2) is 6.69. The molecule has 2 rings (SSSR count). The number of benzene rings is 1. The number of aryl methyl sites for hydroxylation is 1. The van der Waals surface area contributed by atoms with Gasteiger partial charge in [0.2, 0.25) is 0 Å². The summed E-state index contributed by atoms with van der Waals surface area (Å²) in [6, 6.07) is 12.1. The normalized spacial score (nSPS) is 11.7. The Bertz CT molecular complexity index is 710. The van der Waals surface area contributed by atoms with Crippen LogP contribution in [0.3, 0.4) is 0 Å². The number of amides is 1. The number of para-hydroxylation sites is 1. The Morgan fingerprint density at radius 2 is 1.87 bits per heavy atom. The van der Waals surface area contributed by atoms with Crippen molar-refractivity contribution in [1.29, 1.82) is 0 Å². The van der Waals surface area contributed by atoms with Gasteiger partial charge in [-0.3, -0.25) is 0 Å². The predicted octanol–water partition coefficient (Wildman–Crippen LogP) is 3.95. The number of carbonyl (C=O) groups is 1. The second-order valence-electron chi connectivity index (χ2n) is 6.37. The van der Waals surface area contributed by atoms with E-state index in [9.17, 15) is 4.79 Å². The molecular weight excluding hydrogens is 290 g/mol. The minimum absolute atomic E-state index is 0.539. The highest BCUT2D eigenvalue weighted by Gasteiger charge is 2.15. The van der Waals surface area contributed by atoms with Crippen LogP contribution in [-0.2, 0) is 4.74 Å². The van der Waals surface area contributed by atoms with E-state index in [0.717, 1.165) is 22.6 Å². The molecule has 0 bridgehead atoms. The van der Waals surface area contributed by atoms with Crippen LogP contribution in [0.5, 0.6) is 0 Å². The Labute approximate surface area is 137 Å². The standard InChI is InChI=1S/C18H23N3O2/c1-13-11-15(12-19-20-17(22)23-18(3,4)5)14(2)21(13)16-9-7-6-8-10-16/h6-12H,1-5H3,(H,20,22)/b19-12-. The maximum atomic E-state index is 11.6. The van der Waals surface area contributed by atoms with E-state index in [2.05, 4.69) is 27.2 Å². The summed E-state index contributed by atoms with van der Waals surface area (Å²) < 4.78 is 7.28. The lowest BCUT2D eigenvalue weighted by Crippen LogP contribution is -2.29. The van der Waals surface area contributed by atoms with Crippen LogP contribution in [-0.4, -0.2) is 22.5 Å². The number of rotatable bonds is 3. The first-order valence-corrected chi connectivity index (χ1v) is 7.54. The topological polar surface area (TPSA) is 55.6 Å². The van der Waals surface area contributed by atoms with E-state index in [1.54, 1.807) is 6.21 Å². The van der Waals surface area contributed by atoms with Crippen LogP contribution in [0.1, 0.15) is 37.7 Å². The van der Waals surface area contributed by atoms with Crippen molar-refractivity contribution in [1.82, 2.24) is 9.99 Å². The molecule has 0 atom stereocenters. The molecule has 1 N–H and O–H groups in total. The highest BCUT2D eigenvalue weighted by Crippen LogP contribution is 2.19. The SMILES string of the molecule is Cc1cc(/C=N\NC(=O)OC(C)(C)C)c(C)n1-c1ccccc1. The van der Waals surface area contributed by atoms with E-state index in [1.807, 2.05) is 58.9 Å². The molecule has 122 valence electrons. The average molecular weight is 313 g/mol. The molecule has 2 aromatic rings. The maximum absolute atomic E-state index is 11.6. The van der Waals surface area contributed by atoms with Crippen molar-refractivity contribution in [3.8, 4) is 5.69 Å². The van der Waals surface area contributed by atoms with Crippen LogP contribution in [0.4, 0.5) is 4.79 Å². The zero-order chi connectivity index (χ0) is 17.0. The molecule has 5 heteroatoms. The summed E-state index contributed by atoms with van der Waals surface area (Å²) in [5.41, 5.74) is 6.05. The van der Waals surface area contributed by atoms with Gasteiger partial charge in [0.25, 0.3) is 0 Å². The fraction of sp³-hybridized carbons (Fsp3) is 0.333. The second-order valence-corrected chi connectivity index (χ2v) is 6.37. The van der Waals surface area contributed by atoms with Crippen molar-refractivity contribution in [2.24, 2.45) is 5.10 Å². The van der Waals surface area contributed by atoms with Gasteiger partial charge in [0.1, 0.15) is 5.60 Å². The molecular formula is C18H23N3O2. The third kappa shape index (κ3) is 4.45. The monoisotopic (exact) mass is 313 g/mol. The number of aromatic nitrogens is 1. The smallest absolute Gasteiger partial charge is 0.428 e. The van der Waals surface area contributed by atoms with Crippen LogP contribution in [0.25, 0.3) is 5.69 Å². The van der Waals surface area contributed by atoms with E-state index in [0.29, 0.717) is 0 Å². The van der Waals surface area contributed by atoms with Gasteiger partial charge >= 0.3 is 6.09 Å². The van der Waals surface area contributed by atoms with Gasteiger partial charge in [0.05, 0.1) is 6.21 Å². The fourth-order valence-electron chi connectivity index (χ4n) is 2.35. The third-order valence-electron chi connectivity index (χ3n) is 3.24. The Morgan fingerprint density at radius 1 is 1.22 bits per heavy atom. The van der Waals surface area contributed by atoms with E-state index < -0.39 is 11.7 Å². The van der Waals surface area contributed by atoms with Gasteiger partial charge < -0.3 is 9.30 Å². The number of hydrogen-bond acceptors (Lipinski definition) is 3. The summed E-state index contributed by atoms with van der Waals surface area (Å²) in [7, 11) is 0. The fourth-order valence-corrected chi connectivity index (χ4v) is 2.35. The Kier molecular flexibility index (Phi) is 4.89. The van der Waals surface area contributed by atoms with Crippen LogP contribution in [0.15, 0.2) is 41.5 Å². The van der Waals surface area contributed by atoms with Crippen molar-refractivity contribution in [2.45, 2.75) is 40.2 Å². The van der Waals surface area contributed by atoms with E-state index in [-0.39, 0.29) is 0 Å². The van der Waals surface area contributed by atoms with Crippen molar-refractivity contribution >= 4 is 12.3 Å². The van der Waals surface area contributed by atoms with Crippen molar-refractivity contribution in [3.63, 3.8) is 0 Å². The van der Waals surface area contributed by atoms with Crippen LogP contribution in [0, 0.1) is 13.8 Å². The zero-order valence-electron chi connectivity index (χ0n) is 14.3. The Morgan fingerprint density at radius 3 is 2.48 bits per heavy atom. The molecule has 1 heterocycles. The lowest BCUT2D eigenvalue weighted by Gasteiger charge is -2.18. The van der Waals surface area contributed by atoms with Gasteiger partial charge in [-0.1, -0.05) is 18.2 Å². The maximum Gasteiger partial charge on any atom is 0.428 e. The molecule has 0 unspecified atom stereocenters. The minimum atomic E-state index is -0.564. The first-order valence-electron chi connectivity index (χ1n) is 7.54. The summed E-state index contributed by atoms with van der Waals surface area (Å²) in [4.78, 5) is 11.6. The van der Waals surface area contributed by atoms with Crippen molar-refractivity contribution in [3.05, 3.63) is 53.3 Å². The van der Waals surface area contributed by atoms with Crippen molar-refractivity contribution in [2.75, 3.05) is 0 Å². The first-order chi connectivity index (χ1) is 10.8. The number of nitrogens with zero attached hydrogens (tertiary/aromatic N) is 2. The molecule has 23 heavy (non-hydrogen) atoms. The van der Waals surface area contributed by atoms with Crippen LogP contribution in [0.2, 0.25) is 0 Å². The molecule has 1 aromatic carbocycles. The van der Waals surface area contributed by atoms with Crippen LogP contribution < -0.4 is 5.43 Å².